The van der Waals surface area contributed by atoms with Crippen molar-refractivity contribution < 1.29 is 129 Å². The van der Waals surface area contributed by atoms with E-state index in [1.54, 1.807) is 19.9 Å². The van der Waals surface area contributed by atoms with Gasteiger partial charge in [0.25, 0.3) is 0 Å². The maximum Gasteiger partial charge on any atom is 0.335 e. The summed E-state index contributed by atoms with van der Waals surface area (Å²) in [4.78, 5) is 26.4. The number of fused-ring (bicyclic) bond motifs is 7. The van der Waals surface area contributed by atoms with Gasteiger partial charge in [-0.25, -0.2) is 9.59 Å². The fraction of sp³-hybridized carbons (Fsp3) is 0.898. The summed E-state index contributed by atoms with van der Waals surface area (Å²) in [7, 11) is 0. The third-order valence-electron chi connectivity index (χ3n) is 22.7. The minimum atomic E-state index is -2.28. The number of carbonyl (C=O) groups is 2. The molecule has 85 heavy (non-hydrogen) atoms. The van der Waals surface area contributed by atoms with Crippen LogP contribution < -0.4 is 0 Å². The molecule has 486 valence electrons. The Labute approximate surface area is 494 Å². The van der Waals surface area contributed by atoms with Crippen LogP contribution in [0.15, 0.2) is 23.3 Å². The van der Waals surface area contributed by atoms with E-state index in [1.807, 2.05) is 27.7 Å². The number of allylic oxidation sites excluding steroid dienone is 3. The molecule has 0 aromatic carbocycles. The van der Waals surface area contributed by atoms with Crippen LogP contribution in [0.2, 0.25) is 0 Å². The number of carbonyl (C=O) groups excluding carboxylic acids is 1. The van der Waals surface area contributed by atoms with Crippen molar-refractivity contribution in [1.82, 2.24) is 0 Å². The summed E-state index contributed by atoms with van der Waals surface area (Å²) in [6.45, 7) is 16.9. The molecule has 0 bridgehead atoms. The first-order valence-electron chi connectivity index (χ1n) is 30.0. The highest BCUT2D eigenvalue weighted by molar-refractivity contribution is 5.87. The zero-order valence-corrected chi connectivity index (χ0v) is 50.0. The topological polar surface area (TPSA) is 421 Å². The Hall–Kier alpha value is -2.46. The molecule has 9 aliphatic rings. The number of aliphatic carboxylic acids is 1. The average Bonchev–Trinajstić information content (AvgIpc) is 0.704. The van der Waals surface area contributed by atoms with Gasteiger partial charge in [0.15, 0.2) is 31.3 Å². The lowest BCUT2D eigenvalue weighted by Gasteiger charge is -2.72. The molecule has 8 fully saturated rings. The molecule has 0 amide bonds. The Bertz CT molecular complexity index is 2460. The van der Waals surface area contributed by atoms with Crippen LogP contribution in [-0.2, 0) is 52.2 Å². The van der Waals surface area contributed by atoms with Crippen LogP contribution in [-0.4, -0.2) is 256 Å². The van der Waals surface area contributed by atoms with Crippen LogP contribution in [0.25, 0.3) is 0 Å². The minimum Gasteiger partial charge on any atom is -0.479 e. The summed E-state index contributed by atoms with van der Waals surface area (Å²) in [5.41, 5.74) is -3.11. The van der Waals surface area contributed by atoms with E-state index in [9.17, 15) is 86.2 Å². The van der Waals surface area contributed by atoms with Gasteiger partial charge < -0.3 is 119 Å². The van der Waals surface area contributed by atoms with Crippen molar-refractivity contribution in [3.63, 3.8) is 0 Å². The van der Waals surface area contributed by atoms with E-state index in [1.165, 1.54) is 6.92 Å². The molecule has 0 unspecified atom stereocenters. The lowest BCUT2D eigenvalue weighted by Crippen LogP contribution is -2.72. The summed E-state index contributed by atoms with van der Waals surface area (Å²) in [5.74, 6) is -2.91. The number of carboxylic acids is 1. The quantitative estimate of drug-likeness (QED) is 0.0387. The van der Waals surface area contributed by atoms with Crippen molar-refractivity contribution in [1.29, 1.82) is 0 Å². The molecule has 15 N–H and O–H groups in total. The largest absolute Gasteiger partial charge is 0.479 e. The molecule has 4 saturated carbocycles. The second kappa shape index (κ2) is 24.3. The zero-order chi connectivity index (χ0) is 62.7. The number of hydrogen-bond acceptors (Lipinski definition) is 25. The number of aliphatic hydroxyl groups excluding tert-OH is 14. The highest BCUT2D eigenvalue weighted by Crippen LogP contribution is 2.76. The number of esters is 1. The first-order chi connectivity index (χ1) is 39.7. The Balaban J connectivity index is 1.04. The van der Waals surface area contributed by atoms with Crippen molar-refractivity contribution in [2.24, 2.45) is 50.2 Å². The van der Waals surface area contributed by atoms with Gasteiger partial charge in [-0.1, -0.05) is 66.2 Å². The van der Waals surface area contributed by atoms with E-state index < -0.39 is 217 Å². The molecule has 9 rings (SSSR count). The smallest absolute Gasteiger partial charge is 0.335 e. The van der Waals surface area contributed by atoms with E-state index in [0.717, 1.165) is 5.57 Å². The van der Waals surface area contributed by atoms with Crippen molar-refractivity contribution in [2.75, 3.05) is 19.8 Å². The van der Waals surface area contributed by atoms with Crippen molar-refractivity contribution in [3.8, 4) is 0 Å². The SMILES string of the molecule is C/C=C(/C)C(=O)O[C@H]1[C@H](O)[C@]2(CO)[C@H](O)C[C@]3(C)C(=CC[C@@H]4[C@@]5(C)CC[C@H](O[C@@H]6O[C@H](C(=O)O)[C@@H](O)[C@H](O[C@@H]7O[C@H](CO)[C@H](O)[C@H](O)[C@H]7O[C@@H]7O[C@@H](C)[C@H](O)[C@@H](O)[C@H]7O)[C@H]6O[C@@H]6O[C@H](CO)[C@@H](O)[C@H](O)[C@H]6O)C(C)(C)[C@@H]5CC[C@]43C)[C@H]2CC1(C)C. The summed E-state index contributed by atoms with van der Waals surface area (Å²) in [5, 5.41) is 167. The van der Waals surface area contributed by atoms with E-state index in [2.05, 4.69) is 26.8 Å². The molecule has 26 nitrogen and oxygen atoms in total. The predicted octanol–water partition coefficient (Wildman–Crippen LogP) is -2.01. The highest BCUT2D eigenvalue weighted by atomic mass is 16.8. The molecule has 4 aliphatic heterocycles. The lowest BCUT2D eigenvalue weighted by atomic mass is 9.33. The van der Waals surface area contributed by atoms with Crippen molar-refractivity contribution in [2.45, 2.75) is 261 Å². The van der Waals surface area contributed by atoms with Gasteiger partial charge in [0.1, 0.15) is 97.7 Å². The number of ether oxygens (including phenoxy) is 9. The fourth-order valence-corrected chi connectivity index (χ4v) is 17.3. The van der Waals surface area contributed by atoms with Gasteiger partial charge in [-0.2, -0.15) is 0 Å². The Morgan fingerprint density at radius 3 is 1.80 bits per heavy atom. The van der Waals surface area contributed by atoms with Crippen LogP contribution in [0.3, 0.4) is 0 Å². The van der Waals surface area contributed by atoms with Gasteiger partial charge in [-0.05, 0) is 105 Å². The molecule has 0 aromatic heterocycles. The summed E-state index contributed by atoms with van der Waals surface area (Å²) in [6, 6.07) is 0. The summed E-state index contributed by atoms with van der Waals surface area (Å²) in [6.07, 6.45) is -35.1. The molecule has 0 spiro atoms. The molecule has 0 radical (unpaired) electrons. The average molecular weight is 1220 g/mol. The molecule has 26 heteroatoms. The molecular weight excluding hydrogens is 1120 g/mol. The fourth-order valence-electron chi connectivity index (χ4n) is 17.3. The molecule has 31 atom stereocenters. The Kier molecular flexibility index (Phi) is 19.1. The highest BCUT2D eigenvalue weighted by Gasteiger charge is 2.73. The van der Waals surface area contributed by atoms with Crippen LogP contribution in [0.5, 0.6) is 0 Å². The monoisotopic (exact) mass is 1220 g/mol. The van der Waals surface area contributed by atoms with E-state index >= 15 is 0 Å². The molecule has 4 saturated heterocycles. The van der Waals surface area contributed by atoms with Crippen molar-refractivity contribution in [3.05, 3.63) is 23.3 Å². The maximum absolute atomic E-state index is 13.2. The van der Waals surface area contributed by atoms with Gasteiger partial charge >= 0.3 is 11.9 Å². The zero-order valence-electron chi connectivity index (χ0n) is 50.0. The third kappa shape index (κ3) is 10.8. The van der Waals surface area contributed by atoms with Crippen LogP contribution in [0.4, 0.5) is 0 Å². The van der Waals surface area contributed by atoms with E-state index in [4.69, 9.17) is 42.6 Å². The van der Waals surface area contributed by atoms with Gasteiger partial charge in [0.05, 0.1) is 43.5 Å². The summed E-state index contributed by atoms with van der Waals surface area (Å²) >= 11 is 0. The van der Waals surface area contributed by atoms with Gasteiger partial charge in [0, 0.05) is 11.0 Å². The molecule has 5 aliphatic carbocycles. The Morgan fingerprint density at radius 2 is 1.20 bits per heavy atom. The maximum atomic E-state index is 13.2. The van der Waals surface area contributed by atoms with Crippen LogP contribution >= 0.6 is 0 Å². The van der Waals surface area contributed by atoms with Crippen LogP contribution in [0.1, 0.15) is 114 Å². The number of aliphatic hydroxyl groups is 14. The Morgan fingerprint density at radius 1 is 0.635 bits per heavy atom. The van der Waals surface area contributed by atoms with Crippen LogP contribution in [0, 0.1) is 50.2 Å². The standard InChI is InChI=1S/C59H94O26/c1-11-23(2)49(76)85-47-46(73)59(22-62)26(18-54(47,4)5)25-12-13-30-56(8)16-15-32(55(6,7)29(56)14-17-57(30,9)58(25,10)19-31(59)63)80-53-45(84-51-40(71)37(68)34(65)27(20-60)78-51)42(41(72)43(82-53)48(74)75)81-52-44(38(69)35(66)28(21-61)79-52)83-50-39(70)36(67)33(64)24(3)77-50/h11-12,24,26-47,50-53,60-73H,13-22H2,1-10H3,(H,74,75)/b23-11-/t24-,26+,27+,28+,29-,30+,31+,32-,33-,34+,35-,36+,37-,38-,39+,40+,41-,42-,43-,44+,45+,46-,47-,50-,51-,52-,53+,56-,57+,58+,59-/m0/s1. The lowest BCUT2D eigenvalue weighted by molar-refractivity contribution is -0.406. The minimum absolute atomic E-state index is 0.00274. The first-order valence-corrected chi connectivity index (χ1v) is 30.0. The first kappa shape index (κ1) is 66.9. The predicted molar refractivity (Wildman–Crippen MR) is 289 cm³/mol. The number of rotatable bonds is 14. The second-order valence-electron chi connectivity index (χ2n) is 27.9. The van der Waals surface area contributed by atoms with E-state index in [0.29, 0.717) is 44.1 Å². The normalized spacial score (nSPS) is 52.4. The molecular formula is C59H94O26. The van der Waals surface area contributed by atoms with Gasteiger partial charge in [0.2, 0.25) is 0 Å². The molecule has 4 heterocycles. The van der Waals surface area contributed by atoms with Gasteiger partial charge in [-0.15, -0.1) is 0 Å². The third-order valence-corrected chi connectivity index (χ3v) is 22.7. The number of hydrogen-bond donors (Lipinski definition) is 15. The van der Waals surface area contributed by atoms with Crippen molar-refractivity contribution >= 4 is 11.9 Å². The van der Waals surface area contributed by atoms with E-state index in [-0.39, 0.29) is 18.3 Å². The summed E-state index contributed by atoms with van der Waals surface area (Å²) < 4.78 is 55.1. The number of carboxylic acid groups (broad SMARTS) is 1. The molecule has 0 aromatic rings. The second-order valence-corrected chi connectivity index (χ2v) is 27.9. The van der Waals surface area contributed by atoms with Gasteiger partial charge in [-0.3, -0.25) is 0 Å².